The van der Waals surface area contributed by atoms with Gasteiger partial charge in [0.15, 0.2) is 0 Å². The fourth-order valence-corrected chi connectivity index (χ4v) is 2.50. The Morgan fingerprint density at radius 2 is 2.05 bits per heavy atom. The van der Waals surface area contributed by atoms with E-state index in [1.165, 1.54) is 6.42 Å². The monoisotopic (exact) mass is 308 g/mol. The average molecular weight is 308 g/mol. The van der Waals surface area contributed by atoms with Crippen molar-refractivity contribution >= 4 is 22.9 Å². The van der Waals surface area contributed by atoms with Crippen molar-refractivity contribution in [2.24, 2.45) is 5.73 Å². The molecule has 0 aliphatic rings. The molecule has 0 saturated carbocycles. The number of anilines is 1. The summed E-state index contributed by atoms with van der Waals surface area (Å²) in [6.45, 7) is 10.4. The fourth-order valence-electron chi connectivity index (χ4n) is 2.25. The summed E-state index contributed by atoms with van der Waals surface area (Å²) in [6, 6.07) is 2.62. The topological polar surface area (TPSA) is 54.2 Å². The summed E-state index contributed by atoms with van der Waals surface area (Å²) in [5.41, 5.74) is 9.56. The molecule has 5 heteroatoms. The van der Waals surface area contributed by atoms with Gasteiger partial charge in [-0.1, -0.05) is 12.2 Å². The van der Waals surface area contributed by atoms with Gasteiger partial charge >= 0.3 is 0 Å². The van der Waals surface area contributed by atoms with Crippen LogP contribution in [-0.4, -0.2) is 41.1 Å². The first kappa shape index (κ1) is 17.9. The molecule has 1 aromatic rings. The maximum atomic E-state index is 5.81. The molecule has 0 bridgehead atoms. The van der Waals surface area contributed by atoms with E-state index in [9.17, 15) is 0 Å². The molecule has 118 valence electrons. The highest BCUT2D eigenvalue weighted by Crippen LogP contribution is 2.19. The zero-order valence-electron chi connectivity index (χ0n) is 13.9. The van der Waals surface area contributed by atoms with Crippen molar-refractivity contribution in [1.82, 2.24) is 9.88 Å². The lowest BCUT2D eigenvalue weighted by atomic mass is 10.1. The highest BCUT2D eigenvalue weighted by Gasteiger charge is 2.10. The van der Waals surface area contributed by atoms with Crippen LogP contribution >= 0.6 is 12.2 Å². The van der Waals surface area contributed by atoms with Crippen molar-refractivity contribution in [3.8, 4) is 0 Å². The molecule has 1 heterocycles. The summed E-state index contributed by atoms with van der Waals surface area (Å²) in [6.07, 6.45) is 2.29. The van der Waals surface area contributed by atoms with E-state index in [4.69, 9.17) is 18.0 Å². The molecule has 0 aliphatic heterocycles. The predicted molar refractivity (Wildman–Crippen MR) is 95.1 cm³/mol. The van der Waals surface area contributed by atoms with E-state index < -0.39 is 0 Å². The van der Waals surface area contributed by atoms with Crippen molar-refractivity contribution in [3.05, 3.63) is 23.0 Å². The van der Waals surface area contributed by atoms with Gasteiger partial charge in [-0.25, -0.2) is 0 Å². The Labute approximate surface area is 134 Å². The first-order valence-electron chi connectivity index (χ1n) is 7.55. The van der Waals surface area contributed by atoms with Crippen LogP contribution in [0.1, 0.15) is 43.6 Å². The van der Waals surface area contributed by atoms with Gasteiger partial charge < -0.3 is 16.0 Å². The second-order valence-corrected chi connectivity index (χ2v) is 6.28. The van der Waals surface area contributed by atoms with Gasteiger partial charge in [-0.3, -0.25) is 4.98 Å². The lowest BCUT2D eigenvalue weighted by Gasteiger charge is -2.21. The molecule has 0 unspecified atom stereocenters. The molecule has 1 aromatic heterocycles. The van der Waals surface area contributed by atoms with E-state index in [-0.39, 0.29) is 0 Å². The minimum Gasteiger partial charge on any atom is -0.389 e. The minimum absolute atomic E-state index is 0.405. The van der Waals surface area contributed by atoms with Gasteiger partial charge in [-0.05, 0) is 60.2 Å². The Morgan fingerprint density at radius 1 is 1.38 bits per heavy atom. The van der Waals surface area contributed by atoms with E-state index in [1.807, 2.05) is 19.9 Å². The van der Waals surface area contributed by atoms with Gasteiger partial charge in [0.25, 0.3) is 0 Å². The lowest BCUT2D eigenvalue weighted by molar-refractivity contribution is 0.269. The normalized spacial score (nSPS) is 11.2. The Morgan fingerprint density at radius 3 is 2.62 bits per heavy atom. The number of hydrogen-bond donors (Lipinski definition) is 2. The molecule has 4 nitrogen and oxygen atoms in total. The largest absolute Gasteiger partial charge is 0.389 e. The molecule has 0 amide bonds. The number of rotatable bonds is 8. The zero-order chi connectivity index (χ0) is 16.0. The van der Waals surface area contributed by atoms with Crippen LogP contribution in [0.15, 0.2) is 6.07 Å². The van der Waals surface area contributed by atoms with Gasteiger partial charge in [-0.2, -0.15) is 0 Å². The Balaban J connectivity index is 2.54. The standard InChI is InChI=1S/C16H28N4S/c1-11(2)20(5)9-7-6-8-18-14-10-12(3)19-13(4)15(14)16(17)21/h10-11H,6-9H2,1-5H3,(H2,17,21)(H,18,19). The van der Waals surface area contributed by atoms with Crippen LogP contribution in [0, 0.1) is 13.8 Å². The number of aryl methyl sites for hydroxylation is 2. The number of nitrogens with one attached hydrogen (secondary N) is 1. The van der Waals surface area contributed by atoms with Gasteiger partial charge in [0.2, 0.25) is 0 Å². The van der Waals surface area contributed by atoms with E-state index in [2.05, 4.69) is 36.1 Å². The molecular weight excluding hydrogens is 280 g/mol. The summed E-state index contributed by atoms with van der Waals surface area (Å²) in [7, 11) is 2.17. The van der Waals surface area contributed by atoms with Crippen LogP contribution < -0.4 is 11.1 Å². The van der Waals surface area contributed by atoms with Crippen LogP contribution in [-0.2, 0) is 0 Å². The Bertz CT molecular complexity index is 485. The number of hydrogen-bond acceptors (Lipinski definition) is 4. The van der Waals surface area contributed by atoms with Gasteiger partial charge in [0, 0.05) is 29.7 Å². The number of thiocarbonyl (C=S) groups is 1. The van der Waals surface area contributed by atoms with Crippen LogP contribution in [0.2, 0.25) is 0 Å². The average Bonchev–Trinajstić information content (AvgIpc) is 2.36. The number of unbranched alkanes of at least 4 members (excludes halogenated alkanes) is 1. The third kappa shape index (κ3) is 5.59. The second-order valence-electron chi connectivity index (χ2n) is 5.84. The van der Waals surface area contributed by atoms with Gasteiger partial charge in [0.1, 0.15) is 4.99 Å². The van der Waals surface area contributed by atoms with Crippen LogP contribution in [0.3, 0.4) is 0 Å². The third-order valence-electron chi connectivity index (χ3n) is 3.71. The second kappa shape index (κ2) is 8.29. The van der Waals surface area contributed by atoms with Crippen molar-refractivity contribution in [2.75, 3.05) is 25.5 Å². The number of aromatic nitrogens is 1. The lowest BCUT2D eigenvalue weighted by Crippen LogP contribution is -2.27. The number of nitrogens with zero attached hydrogens (tertiary/aromatic N) is 2. The van der Waals surface area contributed by atoms with Crippen molar-refractivity contribution in [1.29, 1.82) is 0 Å². The highest BCUT2D eigenvalue weighted by molar-refractivity contribution is 7.80. The number of pyridine rings is 1. The molecular formula is C16H28N4S. The summed E-state index contributed by atoms with van der Waals surface area (Å²) in [5.74, 6) is 0. The van der Waals surface area contributed by atoms with E-state index in [0.29, 0.717) is 11.0 Å². The Kier molecular flexibility index (Phi) is 7.05. The van der Waals surface area contributed by atoms with E-state index in [0.717, 1.165) is 42.1 Å². The molecule has 21 heavy (non-hydrogen) atoms. The molecule has 0 atom stereocenters. The first-order valence-corrected chi connectivity index (χ1v) is 7.96. The highest BCUT2D eigenvalue weighted by atomic mass is 32.1. The van der Waals surface area contributed by atoms with Crippen LogP contribution in [0.25, 0.3) is 0 Å². The predicted octanol–water partition coefficient (Wildman–Crippen LogP) is 2.86. The van der Waals surface area contributed by atoms with Crippen LogP contribution in [0.4, 0.5) is 5.69 Å². The minimum atomic E-state index is 0.405. The molecule has 1 rings (SSSR count). The first-order chi connectivity index (χ1) is 9.82. The molecule has 3 N–H and O–H groups in total. The molecule has 0 radical (unpaired) electrons. The van der Waals surface area contributed by atoms with Gasteiger partial charge in [0.05, 0.1) is 5.56 Å². The van der Waals surface area contributed by atoms with Gasteiger partial charge in [-0.15, -0.1) is 0 Å². The summed E-state index contributed by atoms with van der Waals surface area (Å²) >= 11 is 5.14. The molecule has 0 aliphatic carbocycles. The zero-order valence-corrected chi connectivity index (χ0v) is 14.7. The van der Waals surface area contributed by atoms with Crippen molar-refractivity contribution in [3.63, 3.8) is 0 Å². The maximum absolute atomic E-state index is 5.81. The van der Waals surface area contributed by atoms with E-state index >= 15 is 0 Å². The van der Waals surface area contributed by atoms with Crippen molar-refractivity contribution < 1.29 is 0 Å². The molecule has 0 fully saturated rings. The van der Waals surface area contributed by atoms with E-state index in [1.54, 1.807) is 0 Å². The molecule has 0 saturated heterocycles. The fraction of sp³-hybridized carbons (Fsp3) is 0.625. The summed E-state index contributed by atoms with van der Waals surface area (Å²) in [4.78, 5) is 7.20. The maximum Gasteiger partial charge on any atom is 0.107 e. The number of nitrogens with two attached hydrogens (primary N) is 1. The smallest absolute Gasteiger partial charge is 0.107 e. The summed E-state index contributed by atoms with van der Waals surface area (Å²) in [5, 5.41) is 3.45. The molecule has 0 spiro atoms. The van der Waals surface area contributed by atoms with Crippen molar-refractivity contribution in [2.45, 2.75) is 46.6 Å². The van der Waals surface area contributed by atoms with Crippen LogP contribution in [0.5, 0.6) is 0 Å². The summed E-state index contributed by atoms with van der Waals surface area (Å²) < 4.78 is 0. The Hall–Kier alpha value is -1.20. The quantitative estimate of drug-likeness (QED) is 0.571. The molecule has 0 aromatic carbocycles. The SMILES string of the molecule is Cc1cc(NCCCCN(C)C(C)C)c(C(N)=S)c(C)n1. The third-order valence-corrected chi connectivity index (χ3v) is 3.91.